The molecule has 0 spiro atoms. The molecule has 0 amide bonds. The zero-order valence-corrected chi connectivity index (χ0v) is 10.5. The Morgan fingerprint density at radius 3 is 2.88 bits per heavy atom. The molecule has 4 heteroatoms. The lowest BCUT2D eigenvalue weighted by Gasteiger charge is -2.37. The minimum atomic E-state index is -0.605. The van der Waals surface area contributed by atoms with Gasteiger partial charge in [0.25, 0.3) is 0 Å². The maximum Gasteiger partial charge on any atom is 0.309 e. The number of hydrogen-bond acceptors (Lipinski definition) is 4. The van der Waals surface area contributed by atoms with Crippen molar-refractivity contribution in [2.45, 2.75) is 39.2 Å². The highest BCUT2D eigenvalue weighted by Gasteiger charge is 2.30. The Kier molecular flexibility index (Phi) is 4.74. The van der Waals surface area contributed by atoms with E-state index in [9.17, 15) is 9.90 Å². The molecule has 1 aliphatic rings. The number of aliphatic hydroxyl groups is 1. The Labute approximate surface area is 97.6 Å². The summed E-state index contributed by atoms with van der Waals surface area (Å²) in [6, 6.07) is 0. The Morgan fingerprint density at radius 2 is 2.31 bits per heavy atom. The quantitative estimate of drug-likeness (QED) is 0.732. The summed E-state index contributed by atoms with van der Waals surface area (Å²) in [4.78, 5) is 13.6. The Morgan fingerprint density at radius 1 is 1.62 bits per heavy atom. The smallest absolute Gasteiger partial charge is 0.309 e. The van der Waals surface area contributed by atoms with Crippen LogP contribution in [-0.2, 0) is 9.53 Å². The first kappa shape index (κ1) is 13.5. The number of piperidine rings is 1. The van der Waals surface area contributed by atoms with Gasteiger partial charge in [0, 0.05) is 13.1 Å². The molecule has 1 saturated heterocycles. The maximum absolute atomic E-state index is 11.5. The van der Waals surface area contributed by atoms with Gasteiger partial charge in [-0.15, -0.1) is 0 Å². The fourth-order valence-corrected chi connectivity index (χ4v) is 2.23. The van der Waals surface area contributed by atoms with Crippen LogP contribution in [0.15, 0.2) is 0 Å². The number of hydrogen-bond donors (Lipinski definition) is 1. The molecule has 1 fully saturated rings. The normalized spacial score (nSPS) is 28.8. The van der Waals surface area contributed by atoms with Gasteiger partial charge in [-0.25, -0.2) is 0 Å². The van der Waals surface area contributed by atoms with E-state index < -0.39 is 5.60 Å². The number of likely N-dealkylation sites (tertiary alicyclic amines) is 1. The Balaban J connectivity index is 2.39. The van der Waals surface area contributed by atoms with E-state index in [0.29, 0.717) is 19.7 Å². The van der Waals surface area contributed by atoms with Gasteiger partial charge < -0.3 is 9.84 Å². The van der Waals surface area contributed by atoms with Crippen molar-refractivity contribution >= 4 is 5.97 Å². The van der Waals surface area contributed by atoms with E-state index >= 15 is 0 Å². The molecule has 0 radical (unpaired) electrons. The summed E-state index contributed by atoms with van der Waals surface area (Å²) in [5.74, 6) is -0.262. The van der Waals surface area contributed by atoms with Crippen LogP contribution in [0.1, 0.15) is 33.6 Å². The molecule has 94 valence electrons. The number of esters is 1. The van der Waals surface area contributed by atoms with Crippen molar-refractivity contribution in [3.05, 3.63) is 0 Å². The molecule has 16 heavy (non-hydrogen) atoms. The summed E-state index contributed by atoms with van der Waals surface area (Å²) < 4.78 is 4.97. The summed E-state index contributed by atoms with van der Waals surface area (Å²) in [6.45, 7) is 8.26. The number of ether oxygens (including phenoxy) is 1. The molecule has 0 aromatic heterocycles. The number of carbonyl (C=O) groups is 1. The van der Waals surface area contributed by atoms with Crippen LogP contribution in [0.3, 0.4) is 0 Å². The predicted octanol–water partition coefficient (Wildman–Crippen LogP) is 1.03. The lowest BCUT2D eigenvalue weighted by molar-refractivity contribution is -0.148. The molecule has 0 aromatic rings. The van der Waals surface area contributed by atoms with Gasteiger partial charge in [-0.05, 0) is 33.2 Å². The SMILES string of the molecule is CCOC(=O)C(C)CN1CCCC(C)(O)C1. The zero-order chi connectivity index (χ0) is 12.2. The molecule has 1 rings (SSSR count). The highest BCUT2D eigenvalue weighted by atomic mass is 16.5. The van der Waals surface area contributed by atoms with Crippen LogP contribution in [-0.4, -0.2) is 47.8 Å². The van der Waals surface area contributed by atoms with Crippen LogP contribution in [0, 0.1) is 5.92 Å². The van der Waals surface area contributed by atoms with E-state index in [0.717, 1.165) is 19.4 Å². The number of nitrogens with zero attached hydrogens (tertiary/aromatic N) is 1. The van der Waals surface area contributed by atoms with Gasteiger partial charge in [-0.2, -0.15) is 0 Å². The van der Waals surface area contributed by atoms with E-state index in [1.807, 2.05) is 20.8 Å². The van der Waals surface area contributed by atoms with Crippen LogP contribution in [0.25, 0.3) is 0 Å². The average molecular weight is 229 g/mol. The molecule has 0 saturated carbocycles. The summed E-state index contributed by atoms with van der Waals surface area (Å²) in [5, 5.41) is 9.94. The molecule has 2 unspecified atom stereocenters. The summed E-state index contributed by atoms with van der Waals surface area (Å²) in [5.41, 5.74) is -0.605. The fraction of sp³-hybridized carbons (Fsp3) is 0.917. The fourth-order valence-electron chi connectivity index (χ4n) is 2.23. The van der Waals surface area contributed by atoms with Crippen molar-refractivity contribution in [2.24, 2.45) is 5.92 Å². The minimum Gasteiger partial charge on any atom is -0.466 e. The molecule has 0 aliphatic carbocycles. The first-order chi connectivity index (χ1) is 7.44. The van der Waals surface area contributed by atoms with E-state index in [1.165, 1.54) is 0 Å². The first-order valence-electron chi connectivity index (χ1n) is 6.06. The minimum absolute atomic E-state index is 0.117. The first-order valence-corrected chi connectivity index (χ1v) is 6.06. The molecule has 1 heterocycles. The lowest BCUT2D eigenvalue weighted by atomic mass is 9.94. The summed E-state index contributed by atoms with van der Waals surface area (Å²) in [6.07, 6.45) is 1.83. The van der Waals surface area contributed by atoms with Gasteiger partial charge in [-0.3, -0.25) is 9.69 Å². The third kappa shape index (κ3) is 4.10. The highest BCUT2D eigenvalue weighted by Crippen LogP contribution is 2.21. The molecule has 4 nitrogen and oxygen atoms in total. The topological polar surface area (TPSA) is 49.8 Å². The number of carbonyl (C=O) groups excluding carboxylic acids is 1. The number of rotatable bonds is 4. The largest absolute Gasteiger partial charge is 0.466 e. The number of β-amino-alcohol motifs (C(OH)–C–C–N with tert-alkyl or cyclic N) is 1. The van der Waals surface area contributed by atoms with E-state index in [4.69, 9.17) is 4.74 Å². The van der Waals surface area contributed by atoms with Crippen molar-refractivity contribution in [1.82, 2.24) is 4.90 Å². The lowest BCUT2D eigenvalue weighted by Crippen LogP contribution is -2.48. The van der Waals surface area contributed by atoms with E-state index in [2.05, 4.69) is 4.90 Å². The van der Waals surface area contributed by atoms with Gasteiger partial charge in [-0.1, -0.05) is 6.92 Å². The van der Waals surface area contributed by atoms with E-state index in [1.54, 1.807) is 0 Å². The third-order valence-corrected chi connectivity index (χ3v) is 2.97. The van der Waals surface area contributed by atoms with Crippen LogP contribution >= 0.6 is 0 Å². The average Bonchev–Trinajstić information content (AvgIpc) is 2.16. The second-order valence-corrected chi connectivity index (χ2v) is 4.99. The van der Waals surface area contributed by atoms with Crippen LogP contribution in [0.2, 0.25) is 0 Å². The molecule has 1 aliphatic heterocycles. The second-order valence-electron chi connectivity index (χ2n) is 4.99. The maximum atomic E-state index is 11.5. The van der Waals surface area contributed by atoms with Crippen molar-refractivity contribution < 1.29 is 14.6 Å². The molecular weight excluding hydrogens is 206 g/mol. The summed E-state index contributed by atoms with van der Waals surface area (Å²) >= 11 is 0. The van der Waals surface area contributed by atoms with Crippen LogP contribution in [0.4, 0.5) is 0 Å². The molecule has 0 bridgehead atoms. The monoisotopic (exact) mass is 229 g/mol. The van der Waals surface area contributed by atoms with Gasteiger partial charge in [0.1, 0.15) is 0 Å². The van der Waals surface area contributed by atoms with Crippen LogP contribution in [0.5, 0.6) is 0 Å². The molecular formula is C12H23NO3. The van der Waals surface area contributed by atoms with Gasteiger partial charge in [0.2, 0.25) is 0 Å². The predicted molar refractivity (Wildman–Crippen MR) is 62.1 cm³/mol. The van der Waals surface area contributed by atoms with E-state index in [-0.39, 0.29) is 11.9 Å². The van der Waals surface area contributed by atoms with Crippen molar-refractivity contribution in [1.29, 1.82) is 0 Å². The van der Waals surface area contributed by atoms with Crippen molar-refractivity contribution in [2.75, 3.05) is 26.2 Å². The summed E-state index contributed by atoms with van der Waals surface area (Å²) in [7, 11) is 0. The van der Waals surface area contributed by atoms with Crippen molar-refractivity contribution in [3.63, 3.8) is 0 Å². The van der Waals surface area contributed by atoms with Gasteiger partial charge >= 0.3 is 5.97 Å². The van der Waals surface area contributed by atoms with Crippen LogP contribution < -0.4 is 0 Å². The Hall–Kier alpha value is -0.610. The zero-order valence-electron chi connectivity index (χ0n) is 10.5. The van der Waals surface area contributed by atoms with Crippen molar-refractivity contribution in [3.8, 4) is 0 Å². The van der Waals surface area contributed by atoms with Gasteiger partial charge in [0.05, 0.1) is 18.1 Å². The van der Waals surface area contributed by atoms with Gasteiger partial charge in [0.15, 0.2) is 0 Å². The standard InChI is InChI=1S/C12H23NO3/c1-4-16-11(14)10(2)8-13-7-5-6-12(3,15)9-13/h10,15H,4-9H2,1-3H3. The third-order valence-electron chi connectivity index (χ3n) is 2.97. The molecule has 1 N–H and O–H groups in total. The molecule has 2 atom stereocenters. The second kappa shape index (κ2) is 5.64. The Bertz CT molecular complexity index is 240. The highest BCUT2D eigenvalue weighted by molar-refractivity contribution is 5.72. The molecule has 0 aromatic carbocycles.